The summed E-state index contributed by atoms with van der Waals surface area (Å²) < 4.78 is 42.5. The average Bonchev–Trinajstić information content (AvgIpc) is 3.03. The van der Waals surface area contributed by atoms with Crippen LogP contribution in [-0.2, 0) is 21.2 Å². The largest absolute Gasteiger partial charge is 0.477 e. The molecule has 4 aromatic rings. The van der Waals surface area contributed by atoms with Gasteiger partial charge in [0, 0.05) is 48.6 Å². The highest BCUT2D eigenvalue weighted by Crippen LogP contribution is 2.40. The van der Waals surface area contributed by atoms with Gasteiger partial charge in [-0.05, 0) is 86.6 Å². The van der Waals surface area contributed by atoms with E-state index >= 15 is 0 Å². The van der Waals surface area contributed by atoms with Crippen molar-refractivity contribution in [1.29, 1.82) is 0 Å². The molecule has 0 saturated carbocycles. The second kappa shape index (κ2) is 13.3. The van der Waals surface area contributed by atoms with Crippen molar-refractivity contribution in [3.8, 4) is 17.1 Å². The maximum atomic E-state index is 13.9. The van der Waals surface area contributed by atoms with Crippen molar-refractivity contribution < 1.29 is 17.9 Å². The number of nitrogens with zero attached hydrogens (tertiary/aromatic N) is 4. The average molecular weight is 656 g/mol. The molecule has 2 aliphatic rings. The zero-order valence-corrected chi connectivity index (χ0v) is 29.0. The third-order valence-corrected chi connectivity index (χ3v) is 10.6. The molecular formula is C37H45N5O4S. The molecule has 1 unspecified atom stereocenters. The van der Waals surface area contributed by atoms with Crippen LogP contribution in [0.5, 0.6) is 5.88 Å². The number of ether oxygens (including phenoxy) is 2. The van der Waals surface area contributed by atoms with Gasteiger partial charge in [0.1, 0.15) is 0 Å². The summed E-state index contributed by atoms with van der Waals surface area (Å²) in [5.41, 5.74) is 7.19. The lowest BCUT2D eigenvalue weighted by Gasteiger charge is -2.33. The SMILES string of the molecule is Cc1cccc(C)c1-c1nc2nc(c1C)OC[C@@H](CC(C)(C)C)C(Cc1cnc(C3CCOCC3)cn1)c1cccc(c1)S(=O)(=O)N2. The summed E-state index contributed by atoms with van der Waals surface area (Å²) in [5.74, 6) is 0.638. The summed E-state index contributed by atoms with van der Waals surface area (Å²) in [4.78, 5) is 19.2. The molecule has 0 radical (unpaired) electrons. The highest BCUT2D eigenvalue weighted by Gasteiger charge is 2.32. The smallest absolute Gasteiger partial charge is 0.264 e. The van der Waals surface area contributed by atoms with E-state index in [2.05, 4.69) is 30.5 Å². The van der Waals surface area contributed by atoms with E-state index in [0.29, 0.717) is 30.5 Å². The van der Waals surface area contributed by atoms with Crippen molar-refractivity contribution in [1.82, 2.24) is 19.9 Å². The van der Waals surface area contributed by atoms with E-state index in [-0.39, 0.29) is 28.1 Å². The van der Waals surface area contributed by atoms with Crippen molar-refractivity contribution in [2.45, 2.75) is 84.0 Å². The normalized spacial score (nSPS) is 20.0. The summed E-state index contributed by atoms with van der Waals surface area (Å²) in [6, 6.07) is 13.3. The molecule has 4 bridgehead atoms. The lowest BCUT2D eigenvalue weighted by molar-refractivity contribution is 0.0844. The first-order chi connectivity index (χ1) is 22.4. The molecule has 1 saturated heterocycles. The van der Waals surface area contributed by atoms with E-state index in [1.807, 2.05) is 57.4 Å². The molecule has 2 aromatic heterocycles. The Bertz CT molecular complexity index is 1830. The van der Waals surface area contributed by atoms with Gasteiger partial charge in [-0.25, -0.2) is 18.1 Å². The maximum absolute atomic E-state index is 13.9. The second-order valence-electron chi connectivity index (χ2n) is 14.2. The fraction of sp³-hybridized carbons (Fsp3) is 0.459. The van der Waals surface area contributed by atoms with E-state index < -0.39 is 10.0 Å². The standard InChI is InChI=1S/C37H45N5O4S/c1-23-9-7-10-24(2)33(23)34-25(3)35-41-36(40-34)42-47(43,44)30-12-8-11-27(17-30)31(28(22-46-35)19-37(4,5)6)18-29-20-39-32(21-38-29)26-13-15-45-16-14-26/h7-12,17,20-21,26,28,31H,13-16,18-19,22H2,1-6H3,(H,40,41,42)/t28-,31?/m1/s1. The number of sulfonamides is 1. The molecular weight excluding hydrogens is 611 g/mol. The lowest BCUT2D eigenvalue weighted by atomic mass is 9.74. The van der Waals surface area contributed by atoms with Gasteiger partial charge in [-0.2, -0.15) is 4.98 Å². The molecule has 6 rings (SSSR count). The summed E-state index contributed by atoms with van der Waals surface area (Å²) >= 11 is 0. The Morgan fingerprint density at radius 1 is 0.936 bits per heavy atom. The van der Waals surface area contributed by atoms with E-state index in [9.17, 15) is 8.42 Å². The Balaban J connectivity index is 1.44. The second-order valence-corrected chi connectivity index (χ2v) is 15.9. The molecule has 4 heterocycles. The van der Waals surface area contributed by atoms with Crippen LogP contribution in [0, 0.1) is 32.1 Å². The number of nitrogens with one attached hydrogen (secondary N) is 1. The molecule has 10 heteroatoms. The zero-order chi connectivity index (χ0) is 33.3. The molecule has 0 amide bonds. The molecule has 1 N–H and O–H groups in total. The van der Waals surface area contributed by atoms with Crippen LogP contribution < -0.4 is 9.46 Å². The summed E-state index contributed by atoms with van der Waals surface area (Å²) in [6.45, 7) is 14.5. The fourth-order valence-corrected chi connectivity index (χ4v) is 7.95. The van der Waals surface area contributed by atoms with Crippen molar-refractivity contribution in [2.75, 3.05) is 24.5 Å². The van der Waals surface area contributed by atoms with Crippen LogP contribution in [0.4, 0.5) is 5.95 Å². The number of hydrogen-bond acceptors (Lipinski definition) is 8. The zero-order valence-electron chi connectivity index (χ0n) is 28.2. The van der Waals surface area contributed by atoms with Gasteiger partial charge in [-0.3, -0.25) is 9.97 Å². The highest BCUT2D eigenvalue weighted by molar-refractivity contribution is 7.92. The van der Waals surface area contributed by atoms with Gasteiger partial charge in [0.25, 0.3) is 10.0 Å². The quantitative estimate of drug-likeness (QED) is 0.238. The molecule has 1 fully saturated rings. The number of benzene rings is 2. The van der Waals surface area contributed by atoms with Crippen LogP contribution in [0.15, 0.2) is 59.8 Å². The van der Waals surface area contributed by atoms with E-state index in [1.165, 1.54) is 0 Å². The first kappa shape index (κ1) is 33.0. The number of anilines is 1. The Kier molecular flexibility index (Phi) is 9.36. The van der Waals surface area contributed by atoms with Crippen molar-refractivity contribution in [3.05, 3.63) is 88.5 Å². The van der Waals surface area contributed by atoms with Crippen molar-refractivity contribution in [2.24, 2.45) is 11.3 Å². The van der Waals surface area contributed by atoms with E-state index in [0.717, 1.165) is 71.7 Å². The predicted molar refractivity (Wildman–Crippen MR) is 183 cm³/mol. The summed E-state index contributed by atoms with van der Waals surface area (Å²) in [7, 11) is -4.01. The van der Waals surface area contributed by atoms with Gasteiger partial charge >= 0.3 is 0 Å². The minimum atomic E-state index is -4.01. The Morgan fingerprint density at radius 2 is 1.66 bits per heavy atom. The van der Waals surface area contributed by atoms with Gasteiger partial charge in [-0.1, -0.05) is 51.1 Å². The van der Waals surface area contributed by atoms with E-state index in [4.69, 9.17) is 24.4 Å². The molecule has 0 spiro atoms. The van der Waals surface area contributed by atoms with Gasteiger partial charge < -0.3 is 9.47 Å². The Hall–Kier alpha value is -3.89. The molecule has 2 aliphatic heterocycles. The Morgan fingerprint density at radius 3 is 2.34 bits per heavy atom. The third-order valence-electron chi connectivity index (χ3n) is 9.31. The highest BCUT2D eigenvalue weighted by atomic mass is 32.2. The fourth-order valence-electron chi connectivity index (χ4n) is 6.95. The lowest BCUT2D eigenvalue weighted by Crippen LogP contribution is -2.28. The maximum Gasteiger partial charge on any atom is 0.264 e. The molecule has 2 atom stereocenters. The minimum absolute atomic E-state index is 0.0128. The monoisotopic (exact) mass is 655 g/mol. The molecule has 47 heavy (non-hydrogen) atoms. The number of rotatable bonds is 5. The van der Waals surface area contributed by atoms with Crippen molar-refractivity contribution >= 4 is 16.0 Å². The summed E-state index contributed by atoms with van der Waals surface area (Å²) in [5, 5.41) is 0. The molecule has 9 nitrogen and oxygen atoms in total. The predicted octanol–water partition coefficient (Wildman–Crippen LogP) is 7.32. The Labute approximate surface area is 278 Å². The van der Waals surface area contributed by atoms with Crippen molar-refractivity contribution in [3.63, 3.8) is 0 Å². The van der Waals surface area contributed by atoms with Crippen LogP contribution >= 0.6 is 0 Å². The molecule has 2 aromatic carbocycles. The van der Waals surface area contributed by atoms with Gasteiger partial charge in [0.15, 0.2) is 0 Å². The first-order valence-corrected chi connectivity index (χ1v) is 18.0. The van der Waals surface area contributed by atoms with E-state index in [1.54, 1.807) is 18.2 Å². The van der Waals surface area contributed by atoms with Crippen LogP contribution in [0.1, 0.15) is 85.5 Å². The number of hydrogen-bond donors (Lipinski definition) is 1. The van der Waals surface area contributed by atoms with Gasteiger partial charge in [-0.15, -0.1) is 0 Å². The number of aromatic nitrogens is 4. The topological polar surface area (TPSA) is 116 Å². The minimum Gasteiger partial charge on any atom is -0.477 e. The third kappa shape index (κ3) is 7.49. The molecule has 248 valence electrons. The summed E-state index contributed by atoms with van der Waals surface area (Å²) in [6.07, 6.45) is 7.11. The molecule has 0 aliphatic carbocycles. The van der Waals surface area contributed by atoms with Crippen LogP contribution in [-0.4, -0.2) is 48.2 Å². The van der Waals surface area contributed by atoms with Gasteiger partial charge in [0.05, 0.1) is 28.6 Å². The number of fused-ring (bicyclic) bond motifs is 4. The first-order valence-electron chi connectivity index (χ1n) is 16.5. The number of aryl methyl sites for hydroxylation is 2. The van der Waals surface area contributed by atoms with Crippen LogP contribution in [0.3, 0.4) is 0 Å². The van der Waals surface area contributed by atoms with Crippen LogP contribution in [0.2, 0.25) is 0 Å². The van der Waals surface area contributed by atoms with Gasteiger partial charge in [0.2, 0.25) is 11.8 Å². The van der Waals surface area contributed by atoms with Crippen LogP contribution in [0.25, 0.3) is 11.3 Å².